The van der Waals surface area contributed by atoms with Crippen LogP contribution in [0.15, 0.2) is 28.7 Å². The van der Waals surface area contributed by atoms with Crippen molar-refractivity contribution in [2.45, 2.75) is 20.5 Å². The number of rotatable bonds is 6. The summed E-state index contributed by atoms with van der Waals surface area (Å²) < 4.78 is 15.8. The Hall–Kier alpha value is -3.13. The molecule has 0 saturated heterocycles. The molecule has 0 bridgehead atoms. The molecule has 26 heavy (non-hydrogen) atoms. The van der Waals surface area contributed by atoms with E-state index in [1.165, 1.54) is 0 Å². The predicted molar refractivity (Wildman–Crippen MR) is 95.2 cm³/mol. The van der Waals surface area contributed by atoms with Gasteiger partial charge in [0.1, 0.15) is 5.75 Å². The second kappa shape index (κ2) is 7.40. The number of carbonyl (C=O) groups excluding carboxylic acids is 1. The van der Waals surface area contributed by atoms with Gasteiger partial charge in [-0.2, -0.15) is 5.10 Å². The zero-order valence-corrected chi connectivity index (χ0v) is 15.0. The molecule has 0 unspecified atom stereocenters. The number of methoxy groups -OCH3 is 2. The lowest BCUT2D eigenvalue weighted by molar-refractivity contribution is 0.0994. The molecular weight excluding hydrogens is 336 g/mol. The fourth-order valence-electron chi connectivity index (χ4n) is 2.69. The number of anilines is 1. The molecule has 0 radical (unpaired) electrons. The van der Waals surface area contributed by atoms with Gasteiger partial charge in [-0.1, -0.05) is 12.1 Å². The Morgan fingerprint density at radius 1 is 1.23 bits per heavy atom. The Morgan fingerprint density at radius 3 is 2.54 bits per heavy atom. The minimum Gasteiger partial charge on any atom is -0.497 e. The van der Waals surface area contributed by atoms with Gasteiger partial charge in [-0.15, -0.1) is 0 Å². The molecule has 8 heteroatoms. The molecule has 136 valence electrons. The first-order valence-corrected chi connectivity index (χ1v) is 7.99. The monoisotopic (exact) mass is 356 g/mol. The van der Waals surface area contributed by atoms with E-state index in [-0.39, 0.29) is 5.76 Å². The van der Waals surface area contributed by atoms with Crippen molar-refractivity contribution in [3.63, 3.8) is 0 Å². The van der Waals surface area contributed by atoms with Crippen molar-refractivity contribution in [2.24, 2.45) is 0 Å². The molecule has 0 aliphatic rings. The molecule has 3 rings (SSSR count). The first kappa shape index (κ1) is 17.7. The van der Waals surface area contributed by atoms with Crippen LogP contribution in [0, 0.1) is 13.8 Å². The van der Waals surface area contributed by atoms with Gasteiger partial charge >= 0.3 is 0 Å². The lowest BCUT2D eigenvalue weighted by Gasteiger charge is -2.08. The van der Waals surface area contributed by atoms with Crippen LogP contribution in [0.1, 0.15) is 27.8 Å². The second-order valence-electron chi connectivity index (χ2n) is 5.69. The maximum Gasteiger partial charge on any atom is 0.294 e. The van der Waals surface area contributed by atoms with Crippen LogP contribution in [0.5, 0.6) is 5.75 Å². The van der Waals surface area contributed by atoms with Crippen LogP contribution >= 0.6 is 0 Å². The van der Waals surface area contributed by atoms with Crippen molar-refractivity contribution in [3.8, 4) is 16.9 Å². The van der Waals surface area contributed by atoms with Crippen molar-refractivity contribution in [1.29, 1.82) is 0 Å². The molecule has 3 aromatic rings. The van der Waals surface area contributed by atoms with Gasteiger partial charge in [0.05, 0.1) is 25.1 Å². The second-order valence-corrected chi connectivity index (χ2v) is 5.69. The van der Waals surface area contributed by atoms with Crippen LogP contribution in [-0.2, 0) is 11.3 Å². The van der Waals surface area contributed by atoms with Gasteiger partial charge in [0.25, 0.3) is 5.91 Å². The van der Waals surface area contributed by atoms with Gasteiger partial charge in [0, 0.05) is 19.6 Å². The molecule has 2 heterocycles. The Balaban J connectivity index is 1.96. The van der Waals surface area contributed by atoms with E-state index < -0.39 is 5.91 Å². The summed E-state index contributed by atoms with van der Waals surface area (Å²) in [7, 11) is 3.20. The molecule has 2 N–H and O–H groups in total. The predicted octanol–water partition coefficient (Wildman–Crippen LogP) is 3.09. The largest absolute Gasteiger partial charge is 0.497 e. The summed E-state index contributed by atoms with van der Waals surface area (Å²) in [6.45, 7) is 3.74. The highest BCUT2D eigenvalue weighted by Crippen LogP contribution is 2.32. The third-order valence-electron chi connectivity index (χ3n) is 3.85. The van der Waals surface area contributed by atoms with E-state index in [4.69, 9.17) is 13.9 Å². The maximum absolute atomic E-state index is 12.5. The number of nitrogens with one attached hydrogen (secondary N) is 2. The molecule has 0 aliphatic heterocycles. The summed E-state index contributed by atoms with van der Waals surface area (Å²) in [6, 6.07) is 7.47. The minimum absolute atomic E-state index is 0.166. The highest BCUT2D eigenvalue weighted by molar-refractivity contribution is 6.04. The summed E-state index contributed by atoms with van der Waals surface area (Å²) in [5.74, 6) is 1.32. The number of H-pyrrole nitrogens is 1. The van der Waals surface area contributed by atoms with E-state index in [0.29, 0.717) is 24.0 Å². The number of carbonyl (C=O) groups is 1. The van der Waals surface area contributed by atoms with Gasteiger partial charge < -0.3 is 19.2 Å². The molecule has 0 atom stereocenters. The summed E-state index contributed by atoms with van der Waals surface area (Å²) in [5, 5.41) is 9.92. The first-order chi connectivity index (χ1) is 12.5. The summed E-state index contributed by atoms with van der Waals surface area (Å²) in [6.07, 6.45) is 0. The molecule has 1 amide bonds. The Kier molecular flexibility index (Phi) is 5.04. The summed E-state index contributed by atoms with van der Waals surface area (Å²) in [5.41, 5.74) is 2.89. The minimum atomic E-state index is -0.409. The number of nitrogens with zero attached hydrogens (tertiary/aromatic N) is 2. The summed E-state index contributed by atoms with van der Waals surface area (Å²) >= 11 is 0. The highest BCUT2D eigenvalue weighted by atomic mass is 16.5. The quantitative estimate of drug-likeness (QED) is 0.704. The van der Waals surface area contributed by atoms with Crippen LogP contribution in [-0.4, -0.2) is 35.3 Å². The Morgan fingerprint density at radius 2 is 1.96 bits per heavy atom. The number of hydrogen-bond acceptors (Lipinski definition) is 6. The molecule has 0 fully saturated rings. The van der Waals surface area contributed by atoms with E-state index in [1.807, 2.05) is 24.3 Å². The van der Waals surface area contributed by atoms with E-state index in [9.17, 15) is 4.79 Å². The van der Waals surface area contributed by atoms with Gasteiger partial charge in [0.15, 0.2) is 11.7 Å². The van der Waals surface area contributed by atoms with Gasteiger partial charge in [-0.3, -0.25) is 9.89 Å². The molecule has 1 aromatic carbocycles. The number of aryl methyl sites for hydroxylation is 2. The lowest BCUT2D eigenvalue weighted by Crippen LogP contribution is -2.13. The van der Waals surface area contributed by atoms with Crippen LogP contribution in [0.4, 0.5) is 5.82 Å². The highest BCUT2D eigenvalue weighted by Gasteiger charge is 2.21. The van der Waals surface area contributed by atoms with Crippen molar-refractivity contribution < 1.29 is 18.7 Å². The SMILES string of the molecule is COCc1[nH]nc(NC(=O)c2oc(C)nc2C)c1-c1ccc(OC)cc1. The fourth-order valence-corrected chi connectivity index (χ4v) is 2.69. The average molecular weight is 356 g/mol. The van der Waals surface area contributed by atoms with Crippen LogP contribution in [0.25, 0.3) is 11.1 Å². The van der Waals surface area contributed by atoms with Gasteiger partial charge in [-0.25, -0.2) is 4.98 Å². The number of oxazole rings is 1. The maximum atomic E-state index is 12.5. The lowest BCUT2D eigenvalue weighted by atomic mass is 10.1. The van der Waals surface area contributed by atoms with Crippen molar-refractivity contribution in [2.75, 3.05) is 19.5 Å². The molecule has 8 nitrogen and oxygen atoms in total. The molecule has 0 saturated carbocycles. The molecular formula is C18H20N4O4. The standard InChI is InChI=1S/C18H20N4O4/c1-10-16(26-11(2)19-10)18(23)20-17-15(14(9-24-3)21-22-17)12-5-7-13(25-4)8-6-12/h5-8H,9H2,1-4H3,(H2,20,21,22,23). The van der Waals surface area contributed by atoms with Crippen molar-refractivity contribution >= 4 is 11.7 Å². The third kappa shape index (κ3) is 3.45. The van der Waals surface area contributed by atoms with E-state index in [0.717, 1.165) is 22.6 Å². The van der Waals surface area contributed by atoms with E-state index >= 15 is 0 Å². The molecule has 2 aromatic heterocycles. The first-order valence-electron chi connectivity index (χ1n) is 7.99. The smallest absolute Gasteiger partial charge is 0.294 e. The topological polar surface area (TPSA) is 102 Å². The third-order valence-corrected chi connectivity index (χ3v) is 3.85. The number of amides is 1. The van der Waals surface area contributed by atoms with Crippen LogP contribution in [0.3, 0.4) is 0 Å². The van der Waals surface area contributed by atoms with Crippen LogP contribution < -0.4 is 10.1 Å². The number of ether oxygens (including phenoxy) is 2. The zero-order chi connectivity index (χ0) is 18.7. The van der Waals surface area contributed by atoms with Gasteiger partial charge in [-0.05, 0) is 24.6 Å². The fraction of sp³-hybridized carbons (Fsp3) is 0.278. The average Bonchev–Trinajstić information content (AvgIpc) is 3.18. The Bertz CT molecular complexity index is 912. The number of hydrogen-bond donors (Lipinski definition) is 2. The van der Waals surface area contributed by atoms with Crippen LogP contribution in [0.2, 0.25) is 0 Å². The van der Waals surface area contributed by atoms with E-state index in [1.54, 1.807) is 28.1 Å². The Labute approximate surface area is 150 Å². The van der Waals surface area contributed by atoms with Crippen molar-refractivity contribution in [3.05, 3.63) is 47.3 Å². The normalized spacial score (nSPS) is 10.8. The van der Waals surface area contributed by atoms with Crippen molar-refractivity contribution in [1.82, 2.24) is 15.2 Å². The molecule has 0 spiro atoms. The number of benzene rings is 1. The van der Waals surface area contributed by atoms with E-state index in [2.05, 4.69) is 20.5 Å². The summed E-state index contributed by atoms with van der Waals surface area (Å²) in [4.78, 5) is 16.7. The zero-order valence-electron chi connectivity index (χ0n) is 15.0. The van der Waals surface area contributed by atoms with Gasteiger partial charge in [0.2, 0.25) is 5.76 Å². The number of aromatic nitrogens is 3. The number of aromatic amines is 1. The molecule has 0 aliphatic carbocycles.